The molecule has 8 aromatic rings. The molecule has 0 amide bonds. The lowest BCUT2D eigenvalue weighted by Gasteiger charge is -2.26. The van der Waals surface area contributed by atoms with E-state index in [1.807, 2.05) is 18.3 Å². The molecule has 4 heterocycles. The fourth-order valence-electron chi connectivity index (χ4n) is 8.17. The minimum absolute atomic E-state index is 0.0322. The number of hydrogen-bond acceptors (Lipinski definition) is 3. The Morgan fingerprint density at radius 1 is 0.667 bits per heavy atom. The third kappa shape index (κ3) is 3.34. The largest absolute Gasteiger partial charge is 0.455 e. The molecule has 0 radical (unpaired) electrons. The van der Waals surface area contributed by atoms with E-state index in [1.165, 1.54) is 32.9 Å². The van der Waals surface area contributed by atoms with Gasteiger partial charge in [-0.2, -0.15) is 0 Å². The van der Waals surface area contributed by atoms with Gasteiger partial charge in [0.15, 0.2) is 7.28 Å². The molecule has 4 heteroatoms. The highest BCUT2D eigenvalue weighted by Gasteiger charge is 2.40. The zero-order valence-electron chi connectivity index (χ0n) is 25.1. The SMILES string of the molecule is CC1(C)C2=C(BC(c3ccc(-c4c5oc6ccccc6c5cc5c4oc4ccccc45)c4ccccc34)C=C2)c2ncccc21. The van der Waals surface area contributed by atoms with E-state index < -0.39 is 0 Å². The van der Waals surface area contributed by atoms with Crippen molar-refractivity contribution in [2.45, 2.75) is 25.1 Å². The van der Waals surface area contributed by atoms with Gasteiger partial charge in [-0.1, -0.05) is 110 Å². The molecule has 0 bridgehead atoms. The van der Waals surface area contributed by atoms with Crippen molar-refractivity contribution in [3.8, 4) is 11.1 Å². The summed E-state index contributed by atoms with van der Waals surface area (Å²) in [6.45, 7) is 4.64. The van der Waals surface area contributed by atoms with Gasteiger partial charge in [-0.25, -0.2) is 0 Å². The van der Waals surface area contributed by atoms with Gasteiger partial charge in [0.05, 0.1) is 11.3 Å². The van der Waals surface area contributed by atoms with Crippen LogP contribution in [0.5, 0.6) is 0 Å². The first kappa shape index (κ1) is 25.0. The van der Waals surface area contributed by atoms with Crippen molar-refractivity contribution in [1.82, 2.24) is 4.98 Å². The number of para-hydroxylation sites is 2. The first-order chi connectivity index (χ1) is 22.1. The Kier molecular flexibility index (Phi) is 4.93. The average molecular weight is 577 g/mol. The lowest BCUT2D eigenvalue weighted by atomic mass is 9.52. The van der Waals surface area contributed by atoms with Gasteiger partial charge in [0.2, 0.25) is 0 Å². The van der Waals surface area contributed by atoms with Crippen molar-refractivity contribution in [2.75, 3.05) is 0 Å². The molecule has 0 saturated carbocycles. The molecule has 1 unspecified atom stereocenters. The van der Waals surface area contributed by atoms with Crippen LogP contribution in [0, 0.1) is 0 Å². The summed E-state index contributed by atoms with van der Waals surface area (Å²) in [7, 11) is 0.940. The minimum Gasteiger partial charge on any atom is -0.455 e. The van der Waals surface area contributed by atoms with E-state index in [0.29, 0.717) is 0 Å². The summed E-state index contributed by atoms with van der Waals surface area (Å²) in [5, 5.41) is 6.90. The molecule has 0 saturated heterocycles. The monoisotopic (exact) mass is 577 g/mol. The van der Waals surface area contributed by atoms with Gasteiger partial charge in [-0.05, 0) is 63.1 Å². The molecule has 0 N–H and O–H groups in total. The van der Waals surface area contributed by atoms with Crippen LogP contribution in [0.15, 0.2) is 136 Å². The van der Waals surface area contributed by atoms with E-state index in [4.69, 9.17) is 13.8 Å². The van der Waals surface area contributed by atoms with E-state index in [0.717, 1.165) is 68.0 Å². The van der Waals surface area contributed by atoms with Crippen LogP contribution in [0.2, 0.25) is 0 Å². The number of rotatable bonds is 2. The Morgan fingerprint density at radius 3 is 2.02 bits per heavy atom. The fourth-order valence-corrected chi connectivity index (χ4v) is 8.17. The Balaban J connectivity index is 1.21. The second kappa shape index (κ2) is 8.86. The van der Waals surface area contributed by atoms with Crippen molar-refractivity contribution in [2.24, 2.45) is 0 Å². The van der Waals surface area contributed by atoms with E-state index in [2.05, 4.69) is 117 Å². The van der Waals surface area contributed by atoms with Crippen LogP contribution in [0.4, 0.5) is 0 Å². The highest BCUT2D eigenvalue weighted by Crippen LogP contribution is 2.50. The zero-order valence-corrected chi connectivity index (χ0v) is 25.1. The maximum absolute atomic E-state index is 6.65. The number of pyridine rings is 1. The van der Waals surface area contributed by atoms with Crippen molar-refractivity contribution >= 4 is 67.4 Å². The molecule has 1 aliphatic heterocycles. The minimum atomic E-state index is -0.0322. The standard InChI is InChI=1S/C41H28BNO2/c1-41(2)31-19-20-33(42-37(31)38-32(41)14-9-21-43-38)25-17-18-28(24-11-4-3-10-23(24)25)36-39-29(26-12-5-7-15-34(26)44-39)22-30-27-13-6-8-16-35(27)45-40(30)36/h3-22,33,42H,1-2H3. The van der Waals surface area contributed by atoms with Crippen molar-refractivity contribution in [1.29, 1.82) is 0 Å². The van der Waals surface area contributed by atoms with Gasteiger partial charge < -0.3 is 8.83 Å². The topological polar surface area (TPSA) is 39.2 Å². The molecule has 1 atom stereocenters. The molecule has 10 rings (SSSR count). The van der Waals surface area contributed by atoms with Gasteiger partial charge >= 0.3 is 0 Å². The van der Waals surface area contributed by atoms with Crippen LogP contribution < -0.4 is 0 Å². The predicted molar refractivity (Wildman–Crippen MR) is 187 cm³/mol. The molecule has 0 spiro atoms. The van der Waals surface area contributed by atoms with Gasteiger partial charge in [-0.3, -0.25) is 4.98 Å². The zero-order chi connectivity index (χ0) is 29.9. The highest BCUT2D eigenvalue weighted by atomic mass is 16.3. The van der Waals surface area contributed by atoms with Crippen molar-refractivity contribution in [3.63, 3.8) is 0 Å². The highest BCUT2D eigenvalue weighted by molar-refractivity contribution is 6.64. The molecule has 1 aliphatic carbocycles. The van der Waals surface area contributed by atoms with E-state index in [9.17, 15) is 0 Å². The summed E-state index contributed by atoms with van der Waals surface area (Å²) in [4.78, 5) is 4.86. The predicted octanol–water partition coefficient (Wildman–Crippen LogP) is 10.5. The third-order valence-corrected chi connectivity index (χ3v) is 10.3. The van der Waals surface area contributed by atoms with Crippen LogP contribution >= 0.6 is 0 Å². The van der Waals surface area contributed by atoms with Gasteiger partial charge in [-0.15, -0.1) is 0 Å². The lowest BCUT2D eigenvalue weighted by Crippen LogP contribution is -2.19. The summed E-state index contributed by atoms with van der Waals surface area (Å²) < 4.78 is 13.3. The van der Waals surface area contributed by atoms with Crippen LogP contribution in [0.1, 0.15) is 36.5 Å². The van der Waals surface area contributed by atoms with E-state index >= 15 is 0 Å². The number of allylic oxidation sites excluding steroid dienone is 3. The molecule has 3 aromatic heterocycles. The quantitative estimate of drug-likeness (QED) is 0.192. The Morgan fingerprint density at radius 2 is 1.31 bits per heavy atom. The van der Waals surface area contributed by atoms with Crippen LogP contribution in [0.25, 0.3) is 71.2 Å². The second-order valence-electron chi connectivity index (χ2n) is 13.0. The number of hydrogen-bond donors (Lipinski definition) is 0. The molecule has 5 aromatic carbocycles. The molecule has 45 heavy (non-hydrogen) atoms. The fraction of sp³-hybridized carbons (Fsp3) is 0.0976. The van der Waals surface area contributed by atoms with E-state index in [1.54, 1.807) is 0 Å². The molecule has 212 valence electrons. The summed E-state index contributed by atoms with van der Waals surface area (Å²) in [6, 6.07) is 36.6. The maximum Gasteiger partial charge on any atom is 0.173 e. The second-order valence-corrected chi connectivity index (χ2v) is 13.0. The summed E-state index contributed by atoms with van der Waals surface area (Å²) >= 11 is 0. The van der Waals surface area contributed by atoms with Crippen molar-refractivity contribution in [3.05, 3.63) is 144 Å². The molecule has 2 aliphatic rings. The normalized spacial score (nSPS) is 17.1. The summed E-state index contributed by atoms with van der Waals surface area (Å²) in [6.07, 6.45) is 6.70. The van der Waals surface area contributed by atoms with Gasteiger partial charge in [0, 0.05) is 33.2 Å². The molecular formula is C41H28BNO2. The van der Waals surface area contributed by atoms with Crippen LogP contribution in [0.3, 0.4) is 0 Å². The van der Waals surface area contributed by atoms with Crippen LogP contribution in [-0.2, 0) is 5.41 Å². The third-order valence-electron chi connectivity index (χ3n) is 10.3. The average Bonchev–Trinajstić information content (AvgIpc) is 3.71. The number of aromatic nitrogens is 1. The summed E-state index contributed by atoms with van der Waals surface area (Å²) in [5.74, 6) is 0.250. The molecule has 3 nitrogen and oxygen atoms in total. The number of fused-ring (bicyclic) bond motifs is 9. The van der Waals surface area contributed by atoms with E-state index in [-0.39, 0.29) is 11.2 Å². The van der Waals surface area contributed by atoms with Crippen molar-refractivity contribution < 1.29 is 8.83 Å². The van der Waals surface area contributed by atoms with Gasteiger partial charge in [0.25, 0.3) is 0 Å². The van der Waals surface area contributed by atoms with Crippen LogP contribution in [-0.4, -0.2) is 12.3 Å². The maximum atomic E-state index is 6.65. The number of benzene rings is 5. The lowest BCUT2D eigenvalue weighted by molar-refractivity contribution is 0.651. The Hall–Kier alpha value is -5.35. The van der Waals surface area contributed by atoms with Gasteiger partial charge in [0.1, 0.15) is 22.3 Å². The summed E-state index contributed by atoms with van der Waals surface area (Å²) in [5.41, 5.74) is 12.2. The molecular weight excluding hydrogens is 549 g/mol. The number of nitrogens with zero attached hydrogens (tertiary/aromatic N) is 1. The smallest absolute Gasteiger partial charge is 0.173 e. The number of furan rings is 2. The molecule has 0 fully saturated rings. The Bertz CT molecular complexity index is 2530. The first-order valence-corrected chi connectivity index (χ1v) is 15.7. The Labute approximate surface area is 260 Å². The first-order valence-electron chi connectivity index (χ1n) is 15.7.